The van der Waals surface area contributed by atoms with Crippen molar-refractivity contribution in [3.63, 3.8) is 0 Å². The molecule has 0 saturated carbocycles. The standard InChI is InChI=1S/C21H23ClN4O3S/c22-15-10-14(11-17-19(15)29-8-1-7-28-17)12-25-3-5-26(6-4-25)13-18-23-16-2-9-30-20(16)21(27)24-18/h2,9-11H,1,3-8,12-13H2,(H,23,24,27). The molecule has 3 aromatic rings. The molecule has 0 unspecified atom stereocenters. The van der Waals surface area contributed by atoms with E-state index in [2.05, 4.69) is 19.8 Å². The van der Waals surface area contributed by atoms with Crippen molar-refractivity contribution < 1.29 is 9.47 Å². The minimum atomic E-state index is -0.0464. The van der Waals surface area contributed by atoms with E-state index in [9.17, 15) is 4.79 Å². The zero-order chi connectivity index (χ0) is 20.5. The van der Waals surface area contributed by atoms with E-state index in [1.165, 1.54) is 11.3 Å². The van der Waals surface area contributed by atoms with Crippen molar-refractivity contribution in [2.45, 2.75) is 19.5 Å². The van der Waals surface area contributed by atoms with Gasteiger partial charge in [0.25, 0.3) is 5.56 Å². The topological polar surface area (TPSA) is 70.7 Å². The second-order valence-corrected chi connectivity index (χ2v) is 8.98. The Kier molecular flexibility index (Phi) is 5.64. The number of nitrogens with zero attached hydrogens (tertiary/aromatic N) is 3. The molecule has 0 amide bonds. The van der Waals surface area contributed by atoms with Crippen molar-refractivity contribution in [2.24, 2.45) is 0 Å². The van der Waals surface area contributed by atoms with Gasteiger partial charge in [-0.2, -0.15) is 0 Å². The van der Waals surface area contributed by atoms with Gasteiger partial charge < -0.3 is 14.5 Å². The largest absolute Gasteiger partial charge is 0.489 e. The summed E-state index contributed by atoms with van der Waals surface area (Å²) in [5, 5.41) is 2.52. The lowest BCUT2D eigenvalue weighted by Gasteiger charge is -2.34. The molecule has 9 heteroatoms. The van der Waals surface area contributed by atoms with E-state index in [1.54, 1.807) is 0 Å². The molecule has 0 atom stereocenters. The molecule has 4 heterocycles. The van der Waals surface area contributed by atoms with Crippen LogP contribution in [0, 0.1) is 0 Å². The molecule has 158 valence electrons. The fourth-order valence-electron chi connectivity index (χ4n) is 3.95. The Hall–Kier alpha value is -2.13. The van der Waals surface area contributed by atoms with E-state index in [-0.39, 0.29) is 5.56 Å². The Labute approximate surface area is 183 Å². The van der Waals surface area contributed by atoms with Gasteiger partial charge in [-0.15, -0.1) is 11.3 Å². The van der Waals surface area contributed by atoms with Crippen LogP contribution in [0.25, 0.3) is 10.2 Å². The van der Waals surface area contributed by atoms with E-state index in [1.807, 2.05) is 23.6 Å². The van der Waals surface area contributed by atoms with Crippen molar-refractivity contribution in [3.8, 4) is 11.5 Å². The van der Waals surface area contributed by atoms with Gasteiger partial charge >= 0.3 is 0 Å². The molecular formula is C21H23ClN4O3S. The number of hydrogen-bond donors (Lipinski definition) is 1. The van der Waals surface area contributed by atoms with Crippen LogP contribution in [0.5, 0.6) is 11.5 Å². The number of aromatic nitrogens is 2. The molecule has 0 bridgehead atoms. The van der Waals surface area contributed by atoms with Gasteiger partial charge in [0, 0.05) is 39.1 Å². The Morgan fingerprint density at radius 1 is 1.10 bits per heavy atom. The van der Waals surface area contributed by atoms with Crippen LogP contribution in [-0.2, 0) is 13.1 Å². The Morgan fingerprint density at radius 3 is 2.70 bits per heavy atom. The first kappa shape index (κ1) is 19.8. The highest BCUT2D eigenvalue weighted by molar-refractivity contribution is 7.17. The first-order valence-electron chi connectivity index (χ1n) is 10.1. The molecule has 1 aromatic carbocycles. The van der Waals surface area contributed by atoms with Crippen LogP contribution < -0.4 is 15.0 Å². The lowest BCUT2D eigenvalue weighted by atomic mass is 10.1. The van der Waals surface area contributed by atoms with E-state index >= 15 is 0 Å². The van der Waals surface area contributed by atoms with Gasteiger partial charge in [0.05, 0.1) is 30.3 Å². The van der Waals surface area contributed by atoms with Crippen LogP contribution in [0.2, 0.25) is 5.02 Å². The van der Waals surface area contributed by atoms with E-state index in [4.69, 9.17) is 21.1 Å². The number of ether oxygens (including phenoxy) is 2. The molecule has 30 heavy (non-hydrogen) atoms. The lowest BCUT2D eigenvalue weighted by molar-refractivity contribution is 0.120. The summed E-state index contributed by atoms with van der Waals surface area (Å²) in [6.45, 7) is 6.48. The van der Waals surface area contributed by atoms with Gasteiger partial charge in [-0.25, -0.2) is 4.98 Å². The normalized spacial score (nSPS) is 17.9. The Balaban J connectivity index is 1.20. The highest BCUT2D eigenvalue weighted by atomic mass is 35.5. The van der Waals surface area contributed by atoms with Gasteiger partial charge in [-0.05, 0) is 29.1 Å². The number of fused-ring (bicyclic) bond motifs is 2. The van der Waals surface area contributed by atoms with Crippen molar-refractivity contribution in [1.82, 2.24) is 19.8 Å². The van der Waals surface area contributed by atoms with Crippen LogP contribution in [0.15, 0.2) is 28.4 Å². The number of rotatable bonds is 4. The first-order chi connectivity index (χ1) is 14.7. The van der Waals surface area contributed by atoms with Crippen molar-refractivity contribution in [2.75, 3.05) is 39.4 Å². The highest BCUT2D eigenvalue weighted by Crippen LogP contribution is 2.38. The molecule has 2 aliphatic rings. The van der Waals surface area contributed by atoms with Crippen LogP contribution >= 0.6 is 22.9 Å². The third-order valence-electron chi connectivity index (χ3n) is 5.47. The van der Waals surface area contributed by atoms with Gasteiger partial charge in [-0.3, -0.25) is 14.6 Å². The van der Waals surface area contributed by atoms with E-state index < -0.39 is 0 Å². The van der Waals surface area contributed by atoms with Gasteiger partial charge in [0.15, 0.2) is 11.5 Å². The monoisotopic (exact) mass is 446 g/mol. The average Bonchev–Trinajstić information content (AvgIpc) is 3.07. The Bertz CT molecular complexity index is 1110. The minimum Gasteiger partial charge on any atom is -0.489 e. The summed E-state index contributed by atoms with van der Waals surface area (Å²) in [6.07, 6.45) is 0.863. The predicted molar refractivity (Wildman–Crippen MR) is 118 cm³/mol. The van der Waals surface area contributed by atoms with Crippen molar-refractivity contribution in [1.29, 1.82) is 0 Å². The molecule has 1 fully saturated rings. The molecule has 0 radical (unpaired) electrons. The summed E-state index contributed by atoms with van der Waals surface area (Å²) in [7, 11) is 0. The summed E-state index contributed by atoms with van der Waals surface area (Å²) in [4.78, 5) is 24.4. The zero-order valence-corrected chi connectivity index (χ0v) is 18.1. The first-order valence-corrected chi connectivity index (χ1v) is 11.4. The summed E-state index contributed by atoms with van der Waals surface area (Å²) >= 11 is 7.86. The van der Waals surface area contributed by atoms with Crippen LogP contribution in [0.1, 0.15) is 17.8 Å². The van der Waals surface area contributed by atoms with Crippen molar-refractivity contribution in [3.05, 3.63) is 50.3 Å². The van der Waals surface area contributed by atoms with Crippen LogP contribution in [0.4, 0.5) is 0 Å². The maximum atomic E-state index is 12.2. The molecule has 2 aromatic heterocycles. The molecule has 5 rings (SSSR count). The van der Waals surface area contributed by atoms with Crippen LogP contribution in [-0.4, -0.2) is 59.2 Å². The number of piperazine rings is 1. The summed E-state index contributed by atoms with van der Waals surface area (Å²) in [5.74, 6) is 2.13. The lowest BCUT2D eigenvalue weighted by Crippen LogP contribution is -2.45. The molecule has 0 spiro atoms. The summed E-state index contributed by atoms with van der Waals surface area (Å²) < 4.78 is 12.2. The second-order valence-electron chi connectivity index (χ2n) is 7.66. The minimum absolute atomic E-state index is 0.0464. The molecule has 2 aliphatic heterocycles. The maximum Gasteiger partial charge on any atom is 0.268 e. The van der Waals surface area contributed by atoms with E-state index in [0.29, 0.717) is 35.2 Å². The quantitative estimate of drug-likeness (QED) is 0.664. The number of nitrogens with one attached hydrogen (secondary N) is 1. The third-order valence-corrected chi connectivity index (χ3v) is 6.65. The number of halogens is 1. The van der Waals surface area contributed by atoms with Gasteiger partial charge in [0.2, 0.25) is 0 Å². The fourth-order valence-corrected chi connectivity index (χ4v) is 4.96. The molecule has 1 saturated heterocycles. The third kappa shape index (κ3) is 4.18. The van der Waals surface area contributed by atoms with E-state index in [0.717, 1.165) is 61.8 Å². The second kappa shape index (κ2) is 8.55. The predicted octanol–water partition coefficient (Wildman–Crippen LogP) is 3.12. The number of thiophene rings is 1. The van der Waals surface area contributed by atoms with Gasteiger partial charge in [-0.1, -0.05) is 11.6 Å². The number of H-pyrrole nitrogens is 1. The van der Waals surface area contributed by atoms with Gasteiger partial charge in [0.1, 0.15) is 10.5 Å². The maximum absolute atomic E-state index is 12.2. The zero-order valence-electron chi connectivity index (χ0n) is 16.5. The number of aromatic amines is 1. The summed E-state index contributed by atoms with van der Waals surface area (Å²) in [6, 6.07) is 5.92. The molecular weight excluding hydrogens is 424 g/mol. The number of benzene rings is 1. The molecule has 1 N–H and O–H groups in total. The van der Waals surface area contributed by atoms with Crippen LogP contribution in [0.3, 0.4) is 0 Å². The fraction of sp³-hybridized carbons (Fsp3) is 0.429. The van der Waals surface area contributed by atoms with Crippen molar-refractivity contribution >= 4 is 33.2 Å². The smallest absolute Gasteiger partial charge is 0.268 e. The number of hydrogen-bond acceptors (Lipinski definition) is 7. The summed E-state index contributed by atoms with van der Waals surface area (Å²) in [5.41, 5.74) is 1.87. The Morgan fingerprint density at radius 2 is 1.87 bits per heavy atom. The highest BCUT2D eigenvalue weighted by Gasteiger charge is 2.21. The molecule has 7 nitrogen and oxygen atoms in total. The average molecular weight is 447 g/mol. The SMILES string of the molecule is O=c1[nH]c(CN2CCN(Cc3cc(Cl)c4c(c3)OCCCO4)CC2)nc2ccsc12. The molecule has 0 aliphatic carbocycles.